The quantitative estimate of drug-likeness (QED) is 0.170. The van der Waals surface area contributed by atoms with Gasteiger partial charge in [-0.1, -0.05) is 104 Å². The second-order valence-corrected chi connectivity index (χ2v) is 8.99. The van der Waals surface area contributed by atoms with E-state index >= 15 is 0 Å². The molecule has 0 bridgehead atoms. The molecule has 0 saturated carbocycles. The molecular formula is C25H54N2O3. The Labute approximate surface area is 187 Å². The topological polar surface area (TPSA) is 76.0 Å². The Morgan fingerprint density at radius 3 is 1.60 bits per heavy atom. The Balaban J connectivity index is 3.57. The molecule has 0 aromatic carbocycles. The van der Waals surface area contributed by atoms with Gasteiger partial charge in [0, 0.05) is 26.2 Å². The Morgan fingerprint density at radius 2 is 1.13 bits per heavy atom. The molecule has 0 fully saturated rings. The molecule has 0 aromatic rings. The van der Waals surface area contributed by atoms with Gasteiger partial charge in [-0.2, -0.15) is 0 Å². The average molecular weight is 431 g/mol. The monoisotopic (exact) mass is 430 g/mol. The number of aliphatic hydroxyl groups excluding tert-OH is 3. The molecular weight excluding hydrogens is 376 g/mol. The zero-order chi connectivity index (χ0) is 22.3. The average Bonchev–Trinajstić information content (AvgIpc) is 2.74. The van der Waals surface area contributed by atoms with E-state index in [1.54, 1.807) is 0 Å². The van der Waals surface area contributed by atoms with Gasteiger partial charge < -0.3 is 20.6 Å². The smallest absolute Gasteiger partial charge is 0.0897 e. The van der Waals surface area contributed by atoms with E-state index in [1.165, 1.54) is 83.5 Å². The molecule has 0 aliphatic carbocycles. The summed E-state index contributed by atoms with van der Waals surface area (Å²) in [4.78, 5) is 2.05. The number of likely N-dealkylation sites (N-methyl/N-ethyl adjacent to an activating group) is 1. The zero-order valence-electron chi connectivity index (χ0n) is 20.3. The van der Waals surface area contributed by atoms with Crippen LogP contribution in [0.2, 0.25) is 0 Å². The molecule has 30 heavy (non-hydrogen) atoms. The summed E-state index contributed by atoms with van der Waals surface area (Å²) in [6, 6.07) is 0. The van der Waals surface area contributed by atoms with Crippen molar-refractivity contribution in [2.45, 2.75) is 122 Å². The van der Waals surface area contributed by atoms with E-state index in [0.29, 0.717) is 13.1 Å². The molecule has 182 valence electrons. The summed E-state index contributed by atoms with van der Waals surface area (Å²) < 4.78 is 0. The highest BCUT2D eigenvalue weighted by Crippen LogP contribution is 2.14. The van der Waals surface area contributed by atoms with Crippen molar-refractivity contribution in [3.63, 3.8) is 0 Å². The number of hydrogen-bond acceptors (Lipinski definition) is 5. The second kappa shape index (κ2) is 23.5. The lowest BCUT2D eigenvalue weighted by Gasteiger charge is -2.27. The molecule has 0 heterocycles. The predicted octanol–water partition coefficient (Wildman–Crippen LogP) is 4.48. The van der Waals surface area contributed by atoms with Gasteiger partial charge in [-0.25, -0.2) is 0 Å². The molecule has 5 nitrogen and oxygen atoms in total. The fourth-order valence-electron chi connectivity index (χ4n) is 3.99. The van der Waals surface area contributed by atoms with Crippen molar-refractivity contribution in [3.8, 4) is 0 Å². The fourth-order valence-corrected chi connectivity index (χ4v) is 3.99. The van der Waals surface area contributed by atoms with E-state index in [9.17, 15) is 10.2 Å². The summed E-state index contributed by atoms with van der Waals surface area (Å²) >= 11 is 0. The first-order chi connectivity index (χ1) is 14.6. The number of nitrogens with zero attached hydrogens (tertiary/aromatic N) is 1. The molecule has 0 aromatic heterocycles. The van der Waals surface area contributed by atoms with E-state index < -0.39 is 6.10 Å². The Kier molecular flexibility index (Phi) is 23.3. The van der Waals surface area contributed by atoms with E-state index in [-0.39, 0.29) is 12.7 Å². The maximum Gasteiger partial charge on any atom is 0.0897 e. The lowest BCUT2D eigenvalue weighted by molar-refractivity contribution is 0.0376. The van der Waals surface area contributed by atoms with Gasteiger partial charge in [0.15, 0.2) is 0 Å². The van der Waals surface area contributed by atoms with Crippen molar-refractivity contribution in [3.05, 3.63) is 0 Å². The number of hydrogen-bond donors (Lipinski definition) is 4. The normalized spacial score (nSPS) is 13.8. The summed E-state index contributed by atoms with van der Waals surface area (Å²) in [5.41, 5.74) is 0. The van der Waals surface area contributed by atoms with Gasteiger partial charge in [0.2, 0.25) is 0 Å². The molecule has 0 amide bonds. The molecule has 4 N–H and O–H groups in total. The van der Waals surface area contributed by atoms with Crippen LogP contribution < -0.4 is 5.32 Å². The van der Waals surface area contributed by atoms with E-state index in [1.807, 2.05) is 0 Å². The summed E-state index contributed by atoms with van der Waals surface area (Å²) in [6.07, 6.45) is 18.6. The van der Waals surface area contributed by atoms with E-state index in [4.69, 9.17) is 5.11 Å². The van der Waals surface area contributed by atoms with Crippen LogP contribution in [0.25, 0.3) is 0 Å². The minimum Gasteiger partial charge on any atom is -0.394 e. The highest BCUT2D eigenvalue weighted by molar-refractivity contribution is 4.70. The third kappa shape index (κ3) is 21.0. The lowest BCUT2D eigenvalue weighted by atomic mass is 10.0. The van der Waals surface area contributed by atoms with Crippen LogP contribution in [0.15, 0.2) is 0 Å². The fraction of sp³-hybridized carbons (Fsp3) is 1.00. The van der Waals surface area contributed by atoms with Crippen LogP contribution >= 0.6 is 0 Å². The van der Waals surface area contributed by atoms with Gasteiger partial charge in [0.05, 0.1) is 18.8 Å². The minimum absolute atomic E-state index is 0.229. The highest BCUT2D eigenvalue weighted by Gasteiger charge is 2.15. The molecule has 0 spiro atoms. The molecule has 5 heteroatoms. The Morgan fingerprint density at radius 1 is 0.667 bits per heavy atom. The molecule has 0 aliphatic rings. The van der Waals surface area contributed by atoms with Crippen LogP contribution in [0.4, 0.5) is 0 Å². The first-order valence-electron chi connectivity index (χ1n) is 13.0. The molecule has 0 saturated heterocycles. The van der Waals surface area contributed by atoms with Crippen LogP contribution in [0.1, 0.15) is 110 Å². The zero-order valence-corrected chi connectivity index (χ0v) is 20.3. The van der Waals surface area contributed by atoms with Gasteiger partial charge in [-0.15, -0.1) is 0 Å². The third-order valence-electron chi connectivity index (χ3n) is 5.89. The van der Waals surface area contributed by atoms with Crippen LogP contribution in [-0.4, -0.2) is 71.8 Å². The van der Waals surface area contributed by atoms with Crippen LogP contribution in [0.5, 0.6) is 0 Å². The maximum atomic E-state index is 10.3. The summed E-state index contributed by atoms with van der Waals surface area (Å²) in [5.74, 6) is 0. The molecule has 0 radical (unpaired) electrons. The van der Waals surface area contributed by atoms with Crippen LogP contribution in [0.3, 0.4) is 0 Å². The first kappa shape index (κ1) is 29.8. The minimum atomic E-state index is -0.736. The number of rotatable bonds is 24. The molecule has 2 unspecified atom stereocenters. The van der Waals surface area contributed by atoms with Crippen molar-refractivity contribution in [1.82, 2.24) is 10.2 Å². The van der Waals surface area contributed by atoms with E-state index in [0.717, 1.165) is 32.5 Å². The van der Waals surface area contributed by atoms with Gasteiger partial charge in [0.1, 0.15) is 0 Å². The Bertz CT molecular complexity index is 332. The molecule has 0 aliphatic heterocycles. The lowest BCUT2D eigenvalue weighted by Crippen LogP contribution is -2.42. The van der Waals surface area contributed by atoms with Gasteiger partial charge >= 0.3 is 0 Å². The summed E-state index contributed by atoms with van der Waals surface area (Å²) in [7, 11) is 0. The number of nitrogens with one attached hydrogen (secondary N) is 1. The SMILES string of the molecule is CCCCCCCCCCCCCCCCC(O)CN(CCNCC)CC(O)CO. The van der Waals surface area contributed by atoms with Crippen molar-refractivity contribution in [2.24, 2.45) is 0 Å². The van der Waals surface area contributed by atoms with Crippen molar-refractivity contribution < 1.29 is 15.3 Å². The maximum absolute atomic E-state index is 10.3. The molecule has 2 atom stereocenters. The second-order valence-electron chi connectivity index (χ2n) is 8.99. The first-order valence-corrected chi connectivity index (χ1v) is 13.0. The highest BCUT2D eigenvalue weighted by atomic mass is 16.3. The predicted molar refractivity (Wildman–Crippen MR) is 129 cm³/mol. The largest absolute Gasteiger partial charge is 0.394 e. The number of unbranched alkanes of at least 4 members (excludes halogenated alkanes) is 13. The van der Waals surface area contributed by atoms with Gasteiger partial charge in [0.25, 0.3) is 0 Å². The van der Waals surface area contributed by atoms with Gasteiger partial charge in [-0.3, -0.25) is 4.90 Å². The summed E-state index contributed by atoms with van der Waals surface area (Å²) in [6.45, 7) is 7.62. The van der Waals surface area contributed by atoms with Crippen molar-refractivity contribution in [2.75, 3.05) is 39.3 Å². The number of aliphatic hydroxyl groups is 3. The standard InChI is InChI=1S/C25H54N2O3/c1-3-5-6-7-8-9-10-11-12-13-14-15-16-17-18-24(29)21-27(20-19-26-4-2)22-25(30)23-28/h24-26,28-30H,3-23H2,1-2H3. The van der Waals surface area contributed by atoms with Crippen LogP contribution in [-0.2, 0) is 0 Å². The molecule has 0 rings (SSSR count). The van der Waals surface area contributed by atoms with E-state index in [2.05, 4.69) is 24.1 Å². The van der Waals surface area contributed by atoms with Crippen molar-refractivity contribution >= 4 is 0 Å². The van der Waals surface area contributed by atoms with Crippen molar-refractivity contribution in [1.29, 1.82) is 0 Å². The van der Waals surface area contributed by atoms with Gasteiger partial charge in [-0.05, 0) is 13.0 Å². The van der Waals surface area contributed by atoms with Crippen LogP contribution in [0, 0.1) is 0 Å². The third-order valence-corrected chi connectivity index (χ3v) is 5.89. The summed E-state index contributed by atoms with van der Waals surface area (Å²) in [5, 5.41) is 32.4. The Hall–Kier alpha value is -0.200.